The van der Waals surface area contributed by atoms with Crippen LogP contribution in [0, 0.1) is 5.82 Å². The lowest BCUT2D eigenvalue weighted by molar-refractivity contribution is 0.297. The molecule has 0 aliphatic carbocycles. The second kappa shape index (κ2) is 4.92. The van der Waals surface area contributed by atoms with Gasteiger partial charge in [-0.3, -0.25) is 4.68 Å². The molecular formula is C11H13FN4O. The van der Waals surface area contributed by atoms with Crippen LogP contribution in [0.3, 0.4) is 0 Å². The number of hydrogen-bond acceptors (Lipinski definition) is 4. The zero-order chi connectivity index (χ0) is 12.3. The van der Waals surface area contributed by atoms with Crippen molar-refractivity contribution in [1.29, 1.82) is 0 Å². The minimum absolute atomic E-state index is 0.230. The molecule has 0 aliphatic rings. The number of ether oxygens (including phenoxy) is 1. The van der Waals surface area contributed by atoms with E-state index >= 15 is 0 Å². The molecule has 0 saturated heterocycles. The summed E-state index contributed by atoms with van der Waals surface area (Å²) in [6.45, 7) is 0.514. The Morgan fingerprint density at radius 3 is 2.94 bits per heavy atom. The van der Waals surface area contributed by atoms with E-state index in [0.29, 0.717) is 17.0 Å². The molecular weight excluding hydrogens is 223 g/mol. The number of nitrogens with zero attached hydrogens (tertiary/aromatic N) is 3. The third kappa shape index (κ3) is 2.79. The third-order valence-electron chi connectivity index (χ3n) is 2.27. The SMILES string of the molecule is Cn1cc(COc2ccc(F)cc2CN)nn1. The van der Waals surface area contributed by atoms with Crippen LogP contribution < -0.4 is 10.5 Å². The van der Waals surface area contributed by atoms with Crippen molar-refractivity contribution in [2.24, 2.45) is 12.8 Å². The molecule has 90 valence electrons. The van der Waals surface area contributed by atoms with E-state index in [1.807, 2.05) is 0 Å². The van der Waals surface area contributed by atoms with E-state index < -0.39 is 0 Å². The second-order valence-electron chi connectivity index (χ2n) is 3.63. The molecule has 0 saturated carbocycles. The van der Waals surface area contributed by atoms with Gasteiger partial charge in [0.25, 0.3) is 0 Å². The maximum atomic E-state index is 13.0. The average molecular weight is 236 g/mol. The Morgan fingerprint density at radius 2 is 2.29 bits per heavy atom. The van der Waals surface area contributed by atoms with Crippen molar-refractivity contribution in [3.8, 4) is 5.75 Å². The number of rotatable bonds is 4. The fraction of sp³-hybridized carbons (Fsp3) is 0.273. The number of nitrogens with two attached hydrogens (primary N) is 1. The molecule has 0 spiro atoms. The van der Waals surface area contributed by atoms with E-state index in [0.717, 1.165) is 0 Å². The molecule has 0 aliphatic heterocycles. The van der Waals surface area contributed by atoms with Gasteiger partial charge in [-0.25, -0.2) is 4.39 Å². The first-order valence-electron chi connectivity index (χ1n) is 5.15. The highest BCUT2D eigenvalue weighted by Gasteiger charge is 2.05. The summed E-state index contributed by atoms with van der Waals surface area (Å²) >= 11 is 0. The predicted octanol–water partition coefficient (Wildman–Crippen LogP) is 0.992. The molecule has 1 heterocycles. The highest BCUT2D eigenvalue weighted by molar-refractivity contribution is 5.33. The fourth-order valence-corrected chi connectivity index (χ4v) is 1.46. The summed E-state index contributed by atoms with van der Waals surface area (Å²) in [6.07, 6.45) is 1.76. The molecule has 5 nitrogen and oxygen atoms in total. The van der Waals surface area contributed by atoms with Crippen molar-refractivity contribution in [2.45, 2.75) is 13.2 Å². The van der Waals surface area contributed by atoms with E-state index in [1.165, 1.54) is 12.1 Å². The molecule has 2 aromatic rings. The average Bonchev–Trinajstić information content (AvgIpc) is 2.73. The van der Waals surface area contributed by atoms with E-state index in [1.54, 1.807) is 24.0 Å². The van der Waals surface area contributed by atoms with Crippen LogP contribution in [0.5, 0.6) is 5.75 Å². The van der Waals surface area contributed by atoms with Crippen LogP contribution in [0.15, 0.2) is 24.4 Å². The maximum Gasteiger partial charge on any atom is 0.134 e. The Bertz CT molecular complexity index is 512. The van der Waals surface area contributed by atoms with Crippen LogP contribution in [0.2, 0.25) is 0 Å². The quantitative estimate of drug-likeness (QED) is 0.859. The number of aryl methyl sites for hydroxylation is 1. The fourth-order valence-electron chi connectivity index (χ4n) is 1.46. The molecule has 17 heavy (non-hydrogen) atoms. The normalized spacial score (nSPS) is 10.5. The van der Waals surface area contributed by atoms with E-state index in [-0.39, 0.29) is 19.0 Å². The summed E-state index contributed by atoms with van der Waals surface area (Å²) in [7, 11) is 1.78. The summed E-state index contributed by atoms with van der Waals surface area (Å²) in [5.74, 6) is 0.247. The Morgan fingerprint density at radius 1 is 1.47 bits per heavy atom. The molecule has 0 amide bonds. The second-order valence-corrected chi connectivity index (χ2v) is 3.63. The lowest BCUT2D eigenvalue weighted by atomic mass is 10.2. The van der Waals surface area contributed by atoms with Crippen molar-refractivity contribution < 1.29 is 9.13 Å². The molecule has 0 atom stereocenters. The smallest absolute Gasteiger partial charge is 0.134 e. The van der Waals surface area contributed by atoms with Crippen LogP contribution in [-0.4, -0.2) is 15.0 Å². The van der Waals surface area contributed by atoms with Gasteiger partial charge in [0.05, 0.1) is 6.20 Å². The van der Waals surface area contributed by atoms with Crippen molar-refractivity contribution in [3.05, 3.63) is 41.5 Å². The summed E-state index contributed by atoms with van der Waals surface area (Å²) in [5.41, 5.74) is 6.86. The number of halogens is 1. The molecule has 0 unspecified atom stereocenters. The lowest BCUT2D eigenvalue weighted by Gasteiger charge is -2.08. The van der Waals surface area contributed by atoms with Gasteiger partial charge in [-0.05, 0) is 18.2 Å². The van der Waals surface area contributed by atoms with Crippen LogP contribution in [0.1, 0.15) is 11.3 Å². The summed E-state index contributed by atoms with van der Waals surface area (Å²) in [6, 6.07) is 4.27. The first-order valence-corrected chi connectivity index (χ1v) is 5.15. The Hall–Kier alpha value is -1.95. The van der Waals surface area contributed by atoms with Crippen LogP contribution in [0.25, 0.3) is 0 Å². The van der Waals surface area contributed by atoms with Gasteiger partial charge < -0.3 is 10.5 Å². The minimum atomic E-state index is -0.322. The zero-order valence-corrected chi connectivity index (χ0v) is 9.43. The lowest BCUT2D eigenvalue weighted by Crippen LogP contribution is -2.03. The van der Waals surface area contributed by atoms with Crippen LogP contribution in [0.4, 0.5) is 4.39 Å². The summed E-state index contributed by atoms with van der Waals surface area (Å²) < 4.78 is 20.1. The number of benzene rings is 1. The topological polar surface area (TPSA) is 66.0 Å². The van der Waals surface area contributed by atoms with Crippen LogP contribution >= 0.6 is 0 Å². The highest BCUT2D eigenvalue weighted by Crippen LogP contribution is 2.20. The van der Waals surface area contributed by atoms with Gasteiger partial charge in [-0.15, -0.1) is 5.10 Å². The highest BCUT2D eigenvalue weighted by atomic mass is 19.1. The van der Waals surface area contributed by atoms with Crippen molar-refractivity contribution in [1.82, 2.24) is 15.0 Å². The van der Waals surface area contributed by atoms with Gasteiger partial charge >= 0.3 is 0 Å². The molecule has 1 aromatic carbocycles. The van der Waals surface area contributed by atoms with Crippen LogP contribution in [-0.2, 0) is 20.2 Å². The minimum Gasteiger partial charge on any atom is -0.487 e. The molecule has 0 bridgehead atoms. The molecule has 0 fully saturated rings. The molecule has 2 rings (SSSR count). The van der Waals surface area contributed by atoms with E-state index in [4.69, 9.17) is 10.5 Å². The zero-order valence-electron chi connectivity index (χ0n) is 9.43. The van der Waals surface area contributed by atoms with E-state index in [2.05, 4.69) is 10.3 Å². The largest absolute Gasteiger partial charge is 0.487 e. The third-order valence-corrected chi connectivity index (χ3v) is 2.27. The molecule has 2 N–H and O–H groups in total. The first-order chi connectivity index (χ1) is 8.19. The van der Waals surface area contributed by atoms with Gasteiger partial charge in [0.1, 0.15) is 23.9 Å². The number of hydrogen-bond donors (Lipinski definition) is 1. The van der Waals surface area contributed by atoms with E-state index in [9.17, 15) is 4.39 Å². The molecule has 1 aromatic heterocycles. The standard InChI is InChI=1S/C11H13FN4O/c1-16-6-10(14-15-16)7-17-11-3-2-9(12)4-8(11)5-13/h2-4,6H,5,7,13H2,1H3. The maximum absolute atomic E-state index is 13.0. The Kier molecular flexibility index (Phi) is 3.34. The summed E-state index contributed by atoms with van der Waals surface area (Å²) in [4.78, 5) is 0. The predicted molar refractivity (Wildman–Crippen MR) is 59.6 cm³/mol. The Labute approximate surface area is 98.0 Å². The first kappa shape index (κ1) is 11.5. The summed E-state index contributed by atoms with van der Waals surface area (Å²) in [5, 5.41) is 7.67. The van der Waals surface area contributed by atoms with Gasteiger partial charge in [-0.2, -0.15) is 0 Å². The van der Waals surface area contributed by atoms with Gasteiger partial charge in [0, 0.05) is 19.2 Å². The van der Waals surface area contributed by atoms with Gasteiger partial charge in [0.15, 0.2) is 0 Å². The van der Waals surface area contributed by atoms with Crippen molar-refractivity contribution in [3.63, 3.8) is 0 Å². The van der Waals surface area contributed by atoms with Gasteiger partial charge in [-0.1, -0.05) is 5.21 Å². The van der Waals surface area contributed by atoms with Crippen molar-refractivity contribution in [2.75, 3.05) is 0 Å². The van der Waals surface area contributed by atoms with Gasteiger partial charge in [0.2, 0.25) is 0 Å². The molecule has 0 radical (unpaired) electrons. The number of aromatic nitrogens is 3. The monoisotopic (exact) mass is 236 g/mol. The Balaban J connectivity index is 2.08. The molecule has 6 heteroatoms. The van der Waals surface area contributed by atoms with Crippen molar-refractivity contribution >= 4 is 0 Å².